The molecule has 0 bridgehead atoms. The first-order valence-corrected chi connectivity index (χ1v) is 13.8. The fourth-order valence-electron chi connectivity index (χ4n) is 6.28. The average molecular weight is 543 g/mol. The molecule has 0 atom stereocenters. The molecule has 1 aromatic heterocycles. The number of rotatable bonds is 3. The second kappa shape index (κ2) is 8.70. The van der Waals surface area contributed by atoms with Crippen LogP contribution in [0.2, 0.25) is 0 Å². The maximum atomic E-state index is 13.7. The minimum atomic E-state index is -4.28. The summed E-state index contributed by atoms with van der Waals surface area (Å²) >= 11 is 0. The van der Waals surface area contributed by atoms with Crippen LogP contribution < -0.4 is 9.30 Å². The Labute approximate surface area is 233 Å². The fraction of sp³-hybridized carbons (Fsp3) is 0.343. The number of fused-ring (bicyclic) bond motifs is 5. The molecule has 0 spiro atoms. The number of benzene rings is 4. The minimum Gasteiger partial charge on any atom is -0.455 e. The quantitative estimate of drug-likeness (QED) is 0.160. The number of halogens is 3. The minimum absolute atomic E-state index is 0.0349. The van der Waals surface area contributed by atoms with Gasteiger partial charge in [0, 0.05) is 17.0 Å². The molecule has 0 saturated heterocycles. The summed E-state index contributed by atoms with van der Waals surface area (Å²) in [7, 11) is 2.07. The van der Waals surface area contributed by atoms with Crippen LogP contribution in [-0.4, -0.2) is 6.18 Å². The molecule has 6 rings (SSSR count). The highest BCUT2D eigenvalue weighted by molar-refractivity contribution is 6.16. The van der Waals surface area contributed by atoms with Crippen molar-refractivity contribution in [3.05, 3.63) is 77.5 Å². The highest BCUT2D eigenvalue weighted by Crippen LogP contribution is 2.53. The normalized spacial score (nSPS) is 13.7. The van der Waals surface area contributed by atoms with Crippen LogP contribution in [0.4, 0.5) is 13.2 Å². The first kappa shape index (κ1) is 26.6. The molecular formula is C35H35F3NO+. The predicted molar refractivity (Wildman–Crippen MR) is 157 cm³/mol. The first-order chi connectivity index (χ1) is 18.7. The zero-order valence-corrected chi connectivity index (χ0v) is 24.2. The lowest BCUT2D eigenvalue weighted by Gasteiger charge is -2.29. The van der Waals surface area contributed by atoms with Crippen molar-refractivity contribution < 1.29 is 22.5 Å². The van der Waals surface area contributed by atoms with Gasteiger partial charge in [-0.1, -0.05) is 77.1 Å². The van der Waals surface area contributed by atoms with Crippen molar-refractivity contribution in [3.8, 4) is 22.8 Å². The molecule has 5 aromatic rings. The lowest BCUT2D eigenvalue weighted by Crippen LogP contribution is -2.34. The van der Waals surface area contributed by atoms with Crippen LogP contribution >= 0.6 is 0 Å². The van der Waals surface area contributed by atoms with E-state index in [2.05, 4.69) is 75.8 Å². The second-order valence-electron chi connectivity index (χ2n) is 13.2. The van der Waals surface area contributed by atoms with Crippen molar-refractivity contribution in [1.29, 1.82) is 0 Å². The van der Waals surface area contributed by atoms with E-state index in [0.29, 0.717) is 5.56 Å². The molecule has 5 heteroatoms. The van der Waals surface area contributed by atoms with E-state index in [1.54, 1.807) is 0 Å². The van der Waals surface area contributed by atoms with Gasteiger partial charge in [-0.25, -0.2) is 4.57 Å². The number of ether oxygens (including phenoxy) is 1. The van der Waals surface area contributed by atoms with Crippen LogP contribution in [0.1, 0.15) is 51.3 Å². The van der Waals surface area contributed by atoms with Gasteiger partial charge >= 0.3 is 6.18 Å². The van der Waals surface area contributed by atoms with E-state index in [9.17, 15) is 13.2 Å². The highest BCUT2D eigenvalue weighted by atomic mass is 19.4. The molecule has 0 unspecified atom stereocenters. The summed E-state index contributed by atoms with van der Waals surface area (Å²) in [6, 6.07) is 18.3. The summed E-state index contributed by atoms with van der Waals surface area (Å²) in [6.07, 6.45) is -1.44. The number of alkyl halides is 3. The van der Waals surface area contributed by atoms with Gasteiger partial charge in [0.2, 0.25) is 5.69 Å². The van der Waals surface area contributed by atoms with Gasteiger partial charge < -0.3 is 4.74 Å². The molecular weight excluding hydrogens is 507 g/mol. The smallest absolute Gasteiger partial charge is 0.394 e. The van der Waals surface area contributed by atoms with Crippen LogP contribution in [0.25, 0.3) is 43.6 Å². The standard InChI is InChI=1S/C35H35F3NO/c1-20-23-10-8-9-11-25(23)27(19-33(2,3)4)32-29(20)31-30-26(14-15-39(31)7)24-13-12-21(16-22(24)17-28(30)40-32)18-34(5,6)35(36,37)38/h8-17H,18-19H2,1-7H3/q+1. The molecule has 0 aliphatic carbocycles. The summed E-state index contributed by atoms with van der Waals surface area (Å²) in [6.45, 7) is 11.4. The van der Waals surface area contributed by atoms with Gasteiger partial charge in [0.25, 0.3) is 0 Å². The van der Waals surface area contributed by atoms with Gasteiger partial charge in [-0.3, -0.25) is 0 Å². The van der Waals surface area contributed by atoms with Crippen LogP contribution in [0, 0.1) is 17.8 Å². The van der Waals surface area contributed by atoms with Crippen LogP contribution in [-0.2, 0) is 19.9 Å². The zero-order valence-electron chi connectivity index (χ0n) is 24.2. The Kier molecular flexibility index (Phi) is 5.79. The summed E-state index contributed by atoms with van der Waals surface area (Å²) in [5.74, 6) is 1.63. The van der Waals surface area contributed by atoms with Gasteiger partial charge in [0.1, 0.15) is 18.5 Å². The molecule has 0 N–H and O–H groups in total. The maximum absolute atomic E-state index is 13.7. The van der Waals surface area contributed by atoms with E-state index in [-0.39, 0.29) is 11.8 Å². The topological polar surface area (TPSA) is 13.1 Å². The van der Waals surface area contributed by atoms with Gasteiger partial charge in [0.15, 0.2) is 6.20 Å². The average Bonchev–Trinajstić information content (AvgIpc) is 2.86. The van der Waals surface area contributed by atoms with E-state index in [1.165, 1.54) is 35.7 Å². The molecule has 0 saturated carbocycles. The number of hydrogen-bond donors (Lipinski definition) is 0. The van der Waals surface area contributed by atoms with E-state index in [0.717, 1.165) is 50.7 Å². The summed E-state index contributed by atoms with van der Waals surface area (Å²) in [5, 5.41) is 6.39. The molecule has 40 heavy (non-hydrogen) atoms. The number of aromatic nitrogens is 1. The Morgan fingerprint density at radius 3 is 2.17 bits per heavy atom. The Hall–Kier alpha value is -3.60. The number of pyridine rings is 1. The van der Waals surface area contributed by atoms with Gasteiger partial charge in [-0.15, -0.1) is 0 Å². The van der Waals surface area contributed by atoms with E-state index < -0.39 is 11.6 Å². The van der Waals surface area contributed by atoms with Crippen molar-refractivity contribution in [3.63, 3.8) is 0 Å². The Morgan fingerprint density at radius 1 is 0.800 bits per heavy atom. The van der Waals surface area contributed by atoms with Gasteiger partial charge in [-0.05, 0) is 63.9 Å². The lowest BCUT2D eigenvalue weighted by atomic mass is 9.81. The fourth-order valence-corrected chi connectivity index (χ4v) is 6.28. The summed E-state index contributed by atoms with van der Waals surface area (Å²) < 4.78 is 50.1. The molecule has 1 aliphatic rings. The molecule has 2 heterocycles. The third-order valence-electron chi connectivity index (χ3n) is 8.36. The van der Waals surface area contributed by atoms with E-state index in [4.69, 9.17) is 4.74 Å². The third kappa shape index (κ3) is 4.13. The molecule has 0 amide bonds. The van der Waals surface area contributed by atoms with Gasteiger partial charge in [-0.2, -0.15) is 13.2 Å². The number of hydrogen-bond acceptors (Lipinski definition) is 1. The highest BCUT2D eigenvalue weighted by Gasteiger charge is 2.47. The van der Waals surface area contributed by atoms with E-state index >= 15 is 0 Å². The molecule has 4 aromatic carbocycles. The van der Waals surface area contributed by atoms with Crippen molar-refractivity contribution in [2.75, 3.05) is 0 Å². The molecule has 0 fully saturated rings. The van der Waals surface area contributed by atoms with Crippen molar-refractivity contribution in [2.45, 2.75) is 60.6 Å². The first-order valence-electron chi connectivity index (χ1n) is 13.8. The van der Waals surface area contributed by atoms with Crippen LogP contribution in [0.3, 0.4) is 0 Å². The van der Waals surface area contributed by atoms with Crippen LogP contribution in [0.5, 0.6) is 11.5 Å². The van der Waals surface area contributed by atoms with Crippen molar-refractivity contribution in [2.24, 2.45) is 17.9 Å². The third-order valence-corrected chi connectivity index (χ3v) is 8.36. The van der Waals surface area contributed by atoms with Crippen molar-refractivity contribution in [1.82, 2.24) is 0 Å². The Balaban J connectivity index is 1.65. The second-order valence-corrected chi connectivity index (χ2v) is 13.2. The summed E-state index contributed by atoms with van der Waals surface area (Å²) in [4.78, 5) is 0. The van der Waals surface area contributed by atoms with Crippen LogP contribution in [0.15, 0.2) is 60.8 Å². The Bertz CT molecular complexity index is 1840. The lowest BCUT2D eigenvalue weighted by molar-refractivity contribution is -0.659. The number of aryl methyl sites for hydroxylation is 2. The molecule has 2 nitrogen and oxygen atoms in total. The monoisotopic (exact) mass is 542 g/mol. The molecule has 0 radical (unpaired) electrons. The summed E-state index contributed by atoms with van der Waals surface area (Å²) in [5.41, 5.74) is 3.47. The SMILES string of the molecule is Cc1c2c(c(CC(C)(C)C)c3ccccc13)Oc1cc3cc(CC(C)(C)C(F)(F)F)ccc3c3cc[n+](C)c-2c13. The molecule has 1 aliphatic heterocycles. The van der Waals surface area contributed by atoms with E-state index in [1.807, 2.05) is 24.3 Å². The maximum Gasteiger partial charge on any atom is 0.394 e. The Morgan fingerprint density at radius 2 is 1.50 bits per heavy atom. The number of nitrogens with zero attached hydrogens (tertiary/aromatic N) is 1. The zero-order chi connectivity index (χ0) is 28.8. The predicted octanol–water partition coefficient (Wildman–Crippen LogP) is 9.77. The molecule has 206 valence electrons. The van der Waals surface area contributed by atoms with Gasteiger partial charge in [0.05, 0.1) is 16.4 Å². The van der Waals surface area contributed by atoms with Crippen molar-refractivity contribution >= 4 is 32.3 Å². The largest absolute Gasteiger partial charge is 0.455 e.